The summed E-state index contributed by atoms with van der Waals surface area (Å²) in [5, 5.41) is 0.0565. The molecule has 0 radical (unpaired) electrons. The van der Waals surface area contributed by atoms with Crippen LogP contribution < -0.4 is 5.56 Å². The van der Waals surface area contributed by atoms with Gasteiger partial charge in [-0.3, -0.25) is 14.2 Å². The first-order chi connectivity index (χ1) is 12.8. The van der Waals surface area contributed by atoms with Gasteiger partial charge in [0.15, 0.2) is 0 Å². The number of aromatic nitrogens is 2. The lowest BCUT2D eigenvalue weighted by Crippen LogP contribution is -2.49. The van der Waals surface area contributed by atoms with Crippen molar-refractivity contribution in [3.05, 3.63) is 28.0 Å². The van der Waals surface area contributed by atoms with Gasteiger partial charge >= 0.3 is 5.97 Å². The van der Waals surface area contributed by atoms with Gasteiger partial charge in [0.05, 0.1) is 6.61 Å². The van der Waals surface area contributed by atoms with Crippen molar-refractivity contribution in [2.24, 2.45) is 0 Å². The molecular formula is C19H25N3O5. The van der Waals surface area contributed by atoms with Crippen molar-refractivity contribution in [2.45, 2.75) is 65.6 Å². The summed E-state index contributed by atoms with van der Waals surface area (Å²) >= 11 is 0. The lowest BCUT2D eigenvalue weighted by molar-refractivity contribution is -0.138. The fourth-order valence-corrected chi connectivity index (χ4v) is 3.84. The monoisotopic (exact) mass is 375 g/mol. The maximum Gasteiger partial charge on any atom is 0.342 e. The summed E-state index contributed by atoms with van der Waals surface area (Å²) in [5.74, 6) is -0.485. The van der Waals surface area contributed by atoms with Gasteiger partial charge in [-0.05, 0) is 47.0 Å². The zero-order valence-electron chi connectivity index (χ0n) is 16.2. The first kappa shape index (κ1) is 19.1. The summed E-state index contributed by atoms with van der Waals surface area (Å²) in [6.45, 7) is 7.38. The highest BCUT2D eigenvalue weighted by Crippen LogP contribution is 2.24. The number of likely N-dealkylation sites (tertiary alicyclic amines) is 1. The molecule has 8 heteroatoms. The molecule has 27 heavy (non-hydrogen) atoms. The summed E-state index contributed by atoms with van der Waals surface area (Å²) in [6.07, 6.45) is 4.29. The molecule has 0 spiro atoms. The second-order valence-corrected chi connectivity index (χ2v) is 7.04. The van der Waals surface area contributed by atoms with E-state index in [1.165, 1.54) is 10.9 Å². The Bertz CT molecular complexity index is 919. The van der Waals surface area contributed by atoms with Gasteiger partial charge in [-0.25, -0.2) is 9.78 Å². The van der Waals surface area contributed by atoms with Gasteiger partial charge < -0.3 is 14.1 Å². The molecule has 0 aliphatic carbocycles. The van der Waals surface area contributed by atoms with E-state index in [-0.39, 0.29) is 53.6 Å². The molecule has 3 heterocycles. The Kier molecular flexibility index (Phi) is 5.34. The average molecular weight is 375 g/mol. The van der Waals surface area contributed by atoms with Gasteiger partial charge in [-0.15, -0.1) is 0 Å². The van der Waals surface area contributed by atoms with Crippen LogP contribution in [0.25, 0.3) is 11.1 Å². The topological polar surface area (TPSA) is 94.6 Å². The van der Waals surface area contributed by atoms with Crippen LogP contribution in [0.15, 0.2) is 15.5 Å². The fourth-order valence-electron chi connectivity index (χ4n) is 3.84. The van der Waals surface area contributed by atoms with Gasteiger partial charge in [-0.1, -0.05) is 0 Å². The van der Waals surface area contributed by atoms with Crippen molar-refractivity contribution in [1.29, 1.82) is 0 Å². The molecular weight excluding hydrogens is 350 g/mol. The zero-order chi connectivity index (χ0) is 19.7. The maximum absolute atomic E-state index is 12.9. The zero-order valence-corrected chi connectivity index (χ0v) is 16.2. The minimum atomic E-state index is -0.630. The molecule has 1 aliphatic heterocycles. The van der Waals surface area contributed by atoms with Gasteiger partial charge in [0.25, 0.3) is 5.56 Å². The molecule has 0 saturated carbocycles. The Morgan fingerprint density at radius 2 is 1.96 bits per heavy atom. The molecule has 1 aliphatic rings. The first-order valence-corrected chi connectivity index (χ1v) is 9.32. The predicted molar refractivity (Wildman–Crippen MR) is 98.6 cm³/mol. The van der Waals surface area contributed by atoms with Crippen LogP contribution in [0.2, 0.25) is 0 Å². The van der Waals surface area contributed by atoms with Crippen molar-refractivity contribution >= 4 is 23.0 Å². The fraction of sp³-hybridized carbons (Fsp3) is 0.579. The minimum absolute atomic E-state index is 0.0565. The molecule has 0 aromatic carbocycles. The highest BCUT2D eigenvalue weighted by Gasteiger charge is 2.30. The maximum atomic E-state index is 12.9. The number of rotatable bonds is 4. The Morgan fingerprint density at radius 1 is 1.30 bits per heavy atom. The quantitative estimate of drug-likeness (QED) is 0.761. The number of piperidine rings is 1. The molecule has 2 aromatic rings. The molecule has 8 nitrogen and oxygen atoms in total. The van der Waals surface area contributed by atoms with Crippen molar-refractivity contribution in [1.82, 2.24) is 14.5 Å². The Hall–Kier alpha value is -2.64. The third-order valence-electron chi connectivity index (χ3n) is 5.12. The van der Waals surface area contributed by atoms with Crippen LogP contribution in [0, 0.1) is 6.92 Å². The molecule has 2 aromatic heterocycles. The number of carbonyl (C=O) groups is 2. The van der Waals surface area contributed by atoms with E-state index in [0.29, 0.717) is 0 Å². The lowest BCUT2D eigenvalue weighted by Gasteiger charge is -2.39. The van der Waals surface area contributed by atoms with Gasteiger partial charge in [0.2, 0.25) is 11.6 Å². The van der Waals surface area contributed by atoms with E-state index in [0.717, 1.165) is 19.3 Å². The largest absolute Gasteiger partial charge is 0.462 e. The summed E-state index contributed by atoms with van der Waals surface area (Å²) in [7, 11) is 0. The van der Waals surface area contributed by atoms with Crippen LogP contribution >= 0.6 is 0 Å². The van der Waals surface area contributed by atoms with Gasteiger partial charge in [0, 0.05) is 12.1 Å². The Balaban J connectivity index is 1.97. The number of ether oxygens (including phenoxy) is 1. The highest BCUT2D eigenvalue weighted by molar-refractivity contribution is 6.03. The summed E-state index contributed by atoms with van der Waals surface area (Å²) < 4.78 is 11.7. The number of aryl methyl sites for hydroxylation is 1. The van der Waals surface area contributed by atoms with Crippen LogP contribution in [0.5, 0.6) is 0 Å². The van der Waals surface area contributed by atoms with Crippen molar-refractivity contribution in [2.75, 3.05) is 6.61 Å². The minimum Gasteiger partial charge on any atom is -0.462 e. The van der Waals surface area contributed by atoms with E-state index in [1.807, 2.05) is 18.7 Å². The third-order valence-corrected chi connectivity index (χ3v) is 5.12. The highest BCUT2D eigenvalue weighted by atomic mass is 16.5. The molecule has 0 bridgehead atoms. The molecule has 0 N–H and O–H groups in total. The van der Waals surface area contributed by atoms with Crippen molar-refractivity contribution in [3.8, 4) is 0 Å². The lowest BCUT2D eigenvalue weighted by atomic mass is 9.97. The number of hydrogen-bond acceptors (Lipinski definition) is 6. The number of hydrogen-bond donors (Lipinski definition) is 0. The molecule has 3 rings (SSSR count). The number of fused-ring (bicyclic) bond motifs is 1. The second-order valence-electron chi connectivity index (χ2n) is 7.04. The van der Waals surface area contributed by atoms with E-state index in [2.05, 4.69) is 4.98 Å². The van der Waals surface area contributed by atoms with Crippen molar-refractivity contribution < 1.29 is 18.7 Å². The third kappa shape index (κ3) is 3.48. The van der Waals surface area contributed by atoms with Crippen LogP contribution in [0.4, 0.5) is 0 Å². The standard InChI is InChI=1S/C19H25N3O5/c1-5-26-19(25)15-13(4)27-17-16(15)18(24)21(10-20-17)9-14(23)22-11(2)7-6-8-12(22)3/h10-12H,5-9H2,1-4H3/t11-,12-/m1/s1. The smallest absolute Gasteiger partial charge is 0.342 e. The first-order valence-electron chi connectivity index (χ1n) is 9.32. The Labute approximate surface area is 157 Å². The summed E-state index contributed by atoms with van der Waals surface area (Å²) in [6, 6.07) is 0.278. The second kappa shape index (κ2) is 7.54. The summed E-state index contributed by atoms with van der Waals surface area (Å²) in [4.78, 5) is 44.0. The number of carbonyl (C=O) groups excluding carboxylic acids is 2. The number of amides is 1. The van der Waals surface area contributed by atoms with E-state index in [9.17, 15) is 14.4 Å². The molecule has 146 valence electrons. The average Bonchev–Trinajstić information content (AvgIpc) is 2.94. The van der Waals surface area contributed by atoms with E-state index in [4.69, 9.17) is 9.15 Å². The van der Waals surface area contributed by atoms with E-state index < -0.39 is 11.5 Å². The molecule has 1 saturated heterocycles. The van der Waals surface area contributed by atoms with Crippen LogP contribution in [-0.4, -0.2) is 45.0 Å². The number of nitrogens with zero attached hydrogens (tertiary/aromatic N) is 3. The molecule has 1 amide bonds. The molecule has 1 fully saturated rings. The Morgan fingerprint density at radius 3 is 2.59 bits per heavy atom. The predicted octanol–water partition coefficient (Wildman–Crippen LogP) is 2.26. The molecule has 0 unspecified atom stereocenters. The summed E-state index contributed by atoms with van der Waals surface area (Å²) in [5.41, 5.74) is -0.333. The van der Waals surface area contributed by atoms with E-state index in [1.54, 1.807) is 13.8 Å². The SMILES string of the molecule is CCOC(=O)c1c(C)oc2ncn(CC(=O)N3[C@H](C)CCC[C@H]3C)c(=O)c12. The van der Waals surface area contributed by atoms with Crippen LogP contribution in [0.1, 0.15) is 56.2 Å². The molecule has 2 atom stereocenters. The number of esters is 1. The van der Waals surface area contributed by atoms with Gasteiger partial charge in [0.1, 0.15) is 29.6 Å². The van der Waals surface area contributed by atoms with Crippen LogP contribution in [0.3, 0.4) is 0 Å². The van der Waals surface area contributed by atoms with E-state index >= 15 is 0 Å². The van der Waals surface area contributed by atoms with Crippen molar-refractivity contribution in [3.63, 3.8) is 0 Å². The number of furan rings is 1. The van der Waals surface area contributed by atoms with Gasteiger partial charge in [-0.2, -0.15) is 0 Å². The van der Waals surface area contributed by atoms with Crippen LogP contribution in [-0.2, 0) is 16.1 Å². The normalized spacial score (nSPS) is 20.1.